The number of ether oxygens (including phenoxy) is 1. The molecular formula is C24H30N2O4. The number of amides is 2. The Morgan fingerprint density at radius 1 is 0.967 bits per heavy atom. The molecule has 2 atom stereocenters. The molecule has 0 aliphatic heterocycles. The van der Waals surface area contributed by atoms with Crippen molar-refractivity contribution >= 4 is 23.5 Å². The van der Waals surface area contributed by atoms with Crippen LogP contribution in [0.1, 0.15) is 37.5 Å². The second kappa shape index (κ2) is 10.6. The summed E-state index contributed by atoms with van der Waals surface area (Å²) < 4.78 is 5.36. The predicted octanol–water partition coefficient (Wildman–Crippen LogP) is 3.56. The third-order valence-electron chi connectivity index (χ3n) is 4.75. The van der Waals surface area contributed by atoms with Gasteiger partial charge in [-0.2, -0.15) is 0 Å². The van der Waals surface area contributed by atoms with E-state index in [0.717, 1.165) is 16.7 Å². The Balaban J connectivity index is 1.95. The molecule has 0 heterocycles. The van der Waals surface area contributed by atoms with Crippen molar-refractivity contribution in [3.05, 3.63) is 65.2 Å². The van der Waals surface area contributed by atoms with Crippen molar-refractivity contribution in [1.29, 1.82) is 0 Å². The van der Waals surface area contributed by atoms with Crippen LogP contribution in [0.5, 0.6) is 0 Å². The van der Waals surface area contributed by atoms with Gasteiger partial charge in [0.1, 0.15) is 6.04 Å². The number of anilines is 1. The van der Waals surface area contributed by atoms with E-state index >= 15 is 0 Å². The van der Waals surface area contributed by atoms with E-state index in [9.17, 15) is 14.4 Å². The number of esters is 1. The molecule has 6 nitrogen and oxygen atoms in total. The smallest absolute Gasteiger partial charge is 0.329 e. The summed E-state index contributed by atoms with van der Waals surface area (Å²) in [6.07, 6.45) is -0.828. The van der Waals surface area contributed by atoms with Crippen LogP contribution < -0.4 is 10.6 Å². The minimum atomic E-state index is -0.995. The zero-order valence-electron chi connectivity index (χ0n) is 18.2. The predicted molar refractivity (Wildman–Crippen MR) is 117 cm³/mol. The third kappa shape index (κ3) is 6.72. The Hall–Kier alpha value is -3.15. The van der Waals surface area contributed by atoms with Gasteiger partial charge in [0.15, 0.2) is 6.10 Å². The maximum Gasteiger partial charge on any atom is 0.329 e. The summed E-state index contributed by atoms with van der Waals surface area (Å²) in [5.41, 5.74) is 3.54. The Kier molecular flexibility index (Phi) is 8.16. The topological polar surface area (TPSA) is 84.5 Å². The lowest BCUT2D eigenvalue weighted by Gasteiger charge is -2.23. The van der Waals surface area contributed by atoms with Gasteiger partial charge in [0.25, 0.3) is 5.91 Å². The highest BCUT2D eigenvalue weighted by Gasteiger charge is 2.29. The molecule has 160 valence electrons. The first-order chi connectivity index (χ1) is 14.2. The number of hydrogen-bond acceptors (Lipinski definition) is 4. The van der Waals surface area contributed by atoms with Crippen molar-refractivity contribution in [3.63, 3.8) is 0 Å². The SMILES string of the molecule is Cc1ccc(NC(=O)[C@H](C)OC(=O)[C@@H](NC(=O)Cc2ccccc2)C(C)C)c(C)c1. The molecule has 0 fully saturated rings. The molecule has 0 saturated carbocycles. The van der Waals surface area contributed by atoms with E-state index in [-0.39, 0.29) is 18.2 Å². The first-order valence-electron chi connectivity index (χ1n) is 10.1. The largest absolute Gasteiger partial charge is 0.451 e. The minimum Gasteiger partial charge on any atom is -0.451 e. The molecule has 0 bridgehead atoms. The number of carbonyl (C=O) groups excluding carboxylic acids is 3. The monoisotopic (exact) mass is 410 g/mol. The molecule has 0 aliphatic rings. The Labute approximate surface area is 178 Å². The fraction of sp³-hybridized carbons (Fsp3) is 0.375. The van der Waals surface area contributed by atoms with Crippen LogP contribution in [0.4, 0.5) is 5.69 Å². The van der Waals surface area contributed by atoms with Crippen LogP contribution in [0.15, 0.2) is 48.5 Å². The highest BCUT2D eigenvalue weighted by Crippen LogP contribution is 2.17. The maximum absolute atomic E-state index is 12.6. The number of aryl methyl sites for hydroxylation is 2. The molecular weight excluding hydrogens is 380 g/mol. The van der Waals surface area contributed by atoms with Crippen molar-refractivity contribution in [2.45, 2.75) is 53.2 Å². The summed E-state index contributed by atoms with van der Waals surface area (Å²) in [7, 11) is 0. The normalized spacial score (nSPS) is 12.7. The zero-order valence-corrected chi connectivity index (χ0v) is 18.2. The van der Waals surface area contributed by atoms with Crippen LogP contribution >= 0.6 is 0 Å². The molecule has 0 unspecified atom stereocenters. The molecule has 2 N–H and O–H groups in total. The summed E-state index contributed by atoms with van der Waals surface area (Å²) in [5, 5.41) is 5.51. The second-order valence-electron chi connectivity index (χ2n) is 7.84. The summed E-state index contributed by atoms with van der Waals surface area (Å²) in [5.74, 6) is -1.51. The molecule has 0 spiro atoms. The number of benzene rings is 2. The van der Waals surface area contributed by atoms with Crippen molar-refractivity contribution in [2.24, 2.45) is 5.92 Å². The number of rotatable bonds is 8. The van der Waals surface area contributed by atoms with Crippen molar-refractivity contribution in [2.75, 3.05) is 5.32 Å². The van der Waals surface area contributed by atoms with Gasteiger partial charge in [-0.25, -0.2) is 4.79 Å². The van der Waals surface area contributed by atoms with E-state index in [4.69, 9.17) is 4.74 Å². The summed E-state index contributed by atoms with van der Waals surface area (Å²) >= 11 is 0. The summed E-state index contributed by atoms with van der Waals surface area (Å²) in [6.45, 7) is 9.02. The van der Waals surface area contributed by atoms with E-state index in [2.05, 4.69) is 10.6 Å². The van der Waals surface area contributed by atoms with Crippen LogP contribution in [0, 0.1) is 19.8 Å². The quantitative estimate of drug-likeness (QED) is 0.652. The van der Waals surface area contributed by atoms with Crippen LogP contribution in [-0.4, -0.2) is 29.9 Å². The lowest BCUT2D eigenvalue weighted by Crippen LogP contribution is -2.47. The molecule has 0 aromatic heterocycles. The molecule has 2 aromatic rings. The van der Waals surface area contributed by atoms with E-state index in [1.165, 1.54) is 6.92 Å². The highest BCUT2D eigenvalue weighted by atomic mass is 16.5. The molecule has 30 heavy (non-hydrogen) atoms. The van der Waals surface area contributed by atoms with E-state index in [0.29, 0.717) is 5.69 Å². The third-order valence-corrected chi connectivity index (χ3v) is 4.75. The van der Waals surface area contributed by atoms with E-state index in [1.54, 1.807) is 0 Å². The van der Waals surface area contributed by atoms with Gasteiger partial charge in [-0.15, -0.1) is 0 Å². The van der Waals surface area contributed by atoms with Gasteiger partial charge in [0.2, 0.25) is 5.91 Å². The van der Waals surface area contributed by atoms with Crippen molar-refractivity contribution in [3.8, 4) is 0 Å². The van der Waals surface area contributed by atoms with E-state index < -0.39 is 24.0 Å². The minimum absolute atomic E-state index is 0.167. The number of nitrogens with one attached hydrogen (secondary N) is 2. The summed E-state index contributed by atoms with van der Waals surface area (Å²) in [4.78, 5) is 37.5. The van der Waals surface area contributed by atoms with Crippen molar-refractivity contribution < 1.29 is 19.1 Å². The molecule has 0 radical (unpaired) electrons. The maximum atomic E-state index is 12.6. The highest BCUT2D eigenvalue weighted by molar-refractivity contribution is 5.96. The molecule has 0 saturated heterocycles. The van der Waals surface area contributed by atoms with Gasteiger partial charge in [-0.05, 0) is 43.9 Å². The average Bonchev–Trinajstić information content (AvgIpc) is 2.68. The molecule has 0 aliphatic carbocycles. The molecule has 2 aromatic carbocycles. The fourth-order valence-corrected chi connectivity index (χ4v) is 2.99. The van der Waals surface area contributed by atoms with Crippen molar-refractivity contribution in [1.82, 2.24) is 5.32 Å². The number of carbonyl (C=O) groups is 3. The first-order valence-corrected chi connectivity index (χ1v) is 10.1. The van der Waals surface area contributed by atoms with E-state index in [1.807, 2.05) is 76.2 Å². The van der Waals surface area contributed by atoms with Gasteiger partial charge in [0.05, 0.1) is 6.42 Å². The lowest BCUT2D eigenvalue weighted by atomic mass is 10.0. The second-order valence-corrected chi connectivity index (χ2v) is 7.84. The van der Waals surface area contributed by atoms with Gasteiger partial charge in [-0.1, -0.05) is 61.9 Å². The van der Waals surface area contributed by atoms with Gasteiger partial charge in [0, 0.05) is 5.69 Å². The molecule has 2 rings (SSSR count). The summed E-state index contributed by atoms with van der Waals surface area (Å²) in [6, 6.07) is 14.1. The molecule has 2 amide bonds. The lowest BCUT2D eigenvalue weighted by molar-refractivity contribution is -0.157. The standard InChI is InChI=1S/C24H30N2O4/c1-15(2)22(26-21(27)14-19-9-7-6-8-10-19)24(29)30-18(5)23(28)25-20-12-11-16(3)13-17(20)4/h6-13,15,18,22H,14H2,1-5H3,(H,25,28)(H,26,27)/t18-,22-/m0/s1. The Morgan fingerprint density at radius 2 is 1.63 bits per heavy atom. The fourth-order valence-electron chi connectivity index (χ4n) is 2.99. The van der Waals surface area contributed by atoms with Crippen LogP contribution in [0.25, 0.3) is 0 Å². The Bertz CT molecular complexity index is 893. The Morgan fingerprint density at radius 3 is 2.23 bits per heavy atom. The average molecular weight is 411 g/mol. The number of hydrogen-bond donors (Lipinski definition) is 2. The van der Waals surface area contributed by atoms with Crippen LogP contribution in [0.2, 0.25) is 0 Å². The van der Waals surface area contributed by atoms with Gasteiger partial charge < -0.3 is 15.4 Å². The van der Waals surface area contributed by atoms with Crippen LogP contribution in [0.3, 0.4) is 0 Å². The van der Waals surface area contributed by atoms with Crippen LogP contribution in [-0.2, 0) is 25.5 Å². The van der Waals surface area contributed by atoms with Gasteiger partial charge in [-0.3, -0.25) is 9.59 Å². The first kappa shape index (κ1) is 23.1. The van der Waals surface area contributed by atoms with Gasteiger partial charge >= 0.3 is 5.97 Å². The zero-order chi connectivity index (χ0) is 22.3. The molecule has 6 heteroatoms.